The summed E-state index contributed by atoms with van der Waals surface area (Å²) >= 11 is 0. The summed E-state index contributed by atoms with van der Waals surface area (Å²) in [5.74, 6) is 1.60. The van der Waals surface area contributed by atoms with Crippen LogP contribution >= 0.6 is 0 Å². The molecule has 0 radical (unpaired) electrons. The Kier molecular flexibility index (Phi) is 4.10. The van der Waals surface area contributed by atoms with Crippen molar-refractivity contribution in [2.24, 2.45) is 0 Å². The molecule has 5 nitrogen and oxygen atoms in total. The highest BCUT2D eigenvalue weighted by Gasteiger charge is 2.19. The first-order valence-electron chi connectivity index (χ1n) is 7.36. The van der Waals surface area contributed by atoms with Gasteiger partial charge in [-0.2, -0.15) is 0 Å². The van der Waals surface area contributed by atoms with Crippen molar-refractivity contribution < 1.29 is 4.74 Å². The SMILES string of the molecule is CCOc1ncccc1CN1CCc2nc(C)ncc2C1. The zero-order chi connectivity index (χ0) is 14.7. The van der Waals surface area contributed by atoms with Crippen LogP contribution in [0.1, 0.15) is 29.6 Å². The molecule has 0 aliphatic carbocycles. The highest BCUT2D eigenvalue weighted by atomic mass is 16.5. The first-order chi connectivity index (χ1) is 10.3. The number of pyridine rings is 1. The van der Waals surface area contributed by atoms with Crippen LogP contribution in [0.25, 0.3) is 0 Å². The number of ether oxygens (including phenoxy) is 1. The van der Waals surface area contributed by atoms with Crippen LogP contribution in [0.4, 0.5) is 0 Å². The van der Waals surface area contributed by atoms with Crippen LogP contribution in [0.3, 0.4) is 0 Å². The average molecular weight is 284 g/mol. The lowest BCUT2D eigenvalue weighted by molar-refractivity contribution is 0.235. The highest BCUT2D eigenvalue weighted by Crippen LogP contribution is 2.22. The molecule has 0 saturated carbocycles. The number of rotatable bonds is 4. The van der Waals surface area contributed by atoms with Crippen LogP contribution in [-0.4, -0.2) is 33.0 Å². The van der Waals surface area contributed by atoms with E-state index in [0.29, 0.717) is 6.61 Å². The van der Waals surface area contributed by atoms with Gasteiger partial charge in [0.25, 0.3) is 0 Å². The van der Waals surface area contributed by atoms with E-state index in [1.165, 1.54) is 11.3 Å². The van der Waals surface area contributed by atoms with Gasteiger partial charge in [-0.3, -0.25) is 4.90 Å². The summed E-state index contributed by atoms with van der Waals surface area (Å²) in [6.45, 7) is 7.29. The molecule has 0 aromatic carbocycles. The summed E-state index contributed by atoms with van der Waals surface area (Å²) < 4.78 is 5.60. The molecule has 21 heavy (non-hydrogen) atoms. The van der Waals surface area contributed by atoms with E-state index in [1.54, 1.807) is 6.20 Å². The predicted octanol–water partition coefficient (Wildman–Crippen LogP) is 2.14. The fourth-order valence-corrected chi connectivity index (χ4v) is 2.66. The average Bonchev–Trinajstić information content (AvgIpc) is 2.50. The van der Waals surface area contributed by atoms with Crippen molar-refractivity contribution in [1.29, 1.82) is 0 Å². The number of nitrogens with zero attached hydrogens (tertiary/aromatic N) is 4. The van der Waals surface area contributed by atoms with E-state index < -0.39 is 0 Å². The fourth-order valence-electron chi connectivity index (χ4n) is 2.66. The van der Waals surface area contributed by atoms with Crippen LogP contribution in [0.2, 0.25) is 0 Å². The molecular formula is C16H20N4O. The zero-order valence-electron chi connectivity index (χ0n) is 12.5. The summed E-state index contributed by atoms with van der Waals surface area (Å²) in [5, 5.41) is 0. The molecule has 1 aliphatic heterocycles. The highest BCUT2D eigenvalue weighted by molar-refractivity contribution is 5.26. The third-order valence-electron chi connectivity index (χ3n) is 3.66. The molecule has 0 atom stereocenters. The van der Waals surface area contributed by atoms with Gasteiger partial charge in [0.1, 0.15) is 5.82 Å². The third-order valence-corrected chi connectivity index (χ3v) is 3.66. The number of aryl methyl sites for hydroxylation is 1. The zero-order valence-corrected chi connectivity index (χ0v) is 12.5. The van der Waals surface area contributed by atoms with Crippen LogP contribution in [0.5, 0.6) is 5.88 Å². The Balaban J connectivity index is 1.74. The van der Waals surface area contributed by atoms with Crippen LogP contribution in [-0.2, 0) is 19.5 Å². The van der Waals surface area contributed by atoms with Crippen molar-refractivity contribution in [3.05, 3.63) is 47.2 Å². The van der Waals surface area contributed by atoms with Gasteiger partial charge < -0.3 is 4.74 Å². The molecular weight excluding hydrogens is 264 g/mol. The Hall–Kier alpha value is -2.01. The number of fused-ring (bicyclic) bond motifs is 1. The largest absolute Gasteiger partial charge is 0.478 e. The van der Waals surface area contributed by atoms with Crippen molar-refractivity contribution in [1.82, 2.24) is 19.9 Å². The van der Waals surface area contributed by atoms with Crippen LogP contribution < -0.4 is 4.74 Å². The first kappa shape index (κ1) is 13.9. The second kappa shape index (κ2) is 6.18. The van der Waals surface area contributed by atoms with Crippen LogP contribution in [0, 0.1) is 6.92 Å². The maximum Gasteiger partial charge on any atom is 0.217 e. The molecule has 2 aromatic heterocycles. The number of hydrogen-bond acceptors (Lipinski definition) is 5. The quantitative estimate of drug-likeness (QED) is 0.861. The van der Waals surface area contributed by atoms with Gasteiger partial charge in [0.05, 0.1) is 6.61 Å². The molecule has 0 N–H and O–H groups in total. The Labute approximate surface area is 125 Å². The normalized spacial score (nSPS) is 14.8. The van der Waals surface area contributed by atoms with Crippen molar-refractivity contribution in [2.75, 3.05) is 13.2 Å². The maximum absolute atomic E-state index is 5.60. The van der Waals surface area contributed by atoms with Gasteiger partial charge in [-0.05, 0) is 19.9 Å². The maximum atomic E-state index is 5.60. The van der Waals surface area contributed by atoms with E-state index in [0.717, 1.165) is 43.3 Å². The van der Waals surface area contributed by atoms with E-state index >= 15 is 0 Å². The molecule has 0 fully saturated rings. The van der Waals surface area contributed by atoms with E-state index in [1.807, 2.05) is 26.1 Å². The molecule has 0 amide bonds. The lowest BCUT2D eigenvalue weighted by Gasteiger charge is -2.28. The van der Waals surface area contributed by atoms with Crippen molar-refractivity contribution in [3.63, 3.8) is 0 Å². The van der Waals surface area contributed by atoms with Crippen molar-refractivity contribution in [2.45, 2.75) is 33.4 Å². The van der Waals surface area contributed by atoms with Crippen LogP contribution in [0.15, 0.2) is 24.5 Å². The lowest BCUT2D eigenvalue weighted by Crippen LogP contribution is -2.31. The molecule has 1 aliphatic rings. The summed E-state index contributed by atoms with van der Waals surface area (Å²) in [7, 11) is 0. The summed E-state index contributed by atoms with van der Waals surface area (Å²) in [4.78, 5) is 15.5. The molecule has 110 valence electrons. The van der Waals surface area contributed by atoms with Crippen molar-refractivity contribution in [3.8, 4) is 5.88 Å². The molecule has 2 aromatic rings. The van der Waals surface area contributed by atoms with Crippen molar-refractivity contribution >= 4 is 0 Å². The van der Waals surface area contributed by atoms with Gasteiger partial charge >= 0.3 is 0 Å². The standard InChI is InChI=1S/C16H20N4O/c1-3-21-16-13(5-4-7-17-16)10-20-8-6-15-14(11-20)9-18-12(2)19-15/h4-5,7,9H,3,6,8,10-11H2,1-2H3. The number of aromatic nitrogens is 3. The van der Waals surface area contributed by atoms with Gasteiger partial charge in [-0.15, -0.1) is 0 Å². The molecule has 0 unspecified atom stereocenters. The van der Waals surface area contributed by atoms with E-state index in [-0.39, 0.29) is 0 Å². The molecule has 5 heteroatoms. The second-order valence-electron chi connectivity index (χ2n) is 5.25. The summed E-state index contributed by atoms with van der Waals surface area (Å²) in [6.07, 6.45) is 4.70. The minimum atomic E-state index is 0.639. The molecule has 3 rings (SSSR count). The second-order valence-corrected chi connectivity index (χ2v) is 5.25. The minimum Gasteiger partial charge on any atom is -0.478 e. The Morgan fingerprint density at radius 2 is 2.24 bits per heavy atom. The van der Waals surface area contributed by atoms with Gasteiger partial charge in [0.2, 0.25) is 5.88 Å². The third kappa shape index (κ3) is 3.19. The van der Waals surface area contributed by atoms with E-state index in [2.05, 4.69) is 25.9 Å². The first-order valence-corrected chi connectivity index (χ1v) is 7.36. The Bertz CT molecular complexity index is 629. The molecule has 0 bridgehead atoms. The summed E-state index contributed by atoms with van der Waals surface area (Å²) in [6, 6.07) is 4.04. The minimum absolute atomic E-state index is 0.639. The summed E-state index contributed by atoms with van der Waals surface area (Å²) in [5.41, 5.74) is 3.56. The lowest BCUT2D eigenvalue weighted by atomic mass is 10.1. The molecule has 0 saturated heterocycles. The smallest absolute Gasteiger partial charge is 0.217 e. The van der Waals surface area contributed by atoms with Gasteiger partial charge in [0.15, 0.2) is 0 Å². The number of hydrogen-bond donors (Lipinski definition) is 0. The van der Waals surface area contributed by atoms with E-state index in [9.17, 15) is 0 Å². The molecule has 0 spiro atoms. The monoisotopic (exact) mass is 284 g/mol. The Morgan fingerprint density at radius 3 is 3.10 bits per heavy atom. The van der Waals surface area contributed by atoms with Gasteiger partial charge in [0, 0.05) is 55.3 Å². The van der Waals surface area contributed by atoms with Gasteiger partial charge in [-0.25, -0.2) is 15.0 Å². The topological polar surface area (TPSA) is 51.1 Å². The Morgan fingerprint density at radius 1 is 1.33 bits per heavy atom. The van der Waals surface area contributed by atoms with Gasteiger partial charge in [-0.1, -0.05) is 6.07 Å². The fraction of sp³-hybridized carbons (Fsp3) is 0.438. The molecule has 3 heterocycles. The van der Waals surface area contributed by atoms with E-state index in [4.69, 9.17) is 4.74 Å². The predicted molar refractivity (Wildman–Crippen MR) is 80.0 cm³/mol.